The summed E-state index contributed by atoms with van der Waals surface area (Å²) in [6, 6.07) is 17.1. The Hall–Kier alpha value is -3.35. The van der Waals surface area contributed by atoms with Crippen LogP contribution in [0.1, 0.15) is 15.9 Å². The number of ketones is 1. The number of rotatable bonds is 3. The molecule has 3 aromatic carbocycles. The van der Waals surface area contributed by atoms with E-state index >= 15 is 0 Å². The van der Waals surface area contributed by atoms with Crippen molar-refractivity contribution in [2.75, 3.05) is 43.4 Å². The van der Waals surface area contributed by atoms with Gasteiger partial charge < -0.3 is 19.6 Å². The van der Waals surface area contributed by atoms with Gasteiger partial charge in [-0.25, -0.2) is 0 Å². The smallest absolute Gasteiger partial charge is 0.196 e. The number of benzene rings is 3. The largest absolute Gasteiger partial charge is 0.367 e. The van der Waals surface area contributed by atoms with Gasteiger partial charge in [0.15, 0.2) is 11.5 Å². The number of fused-ring (bicyclic) bond motifs is 2. The highest BCUT2D eigenvalue weighted by molar-refractivity contribution is 6.30. The van der Waals surface area contributed by atoms with E-state index in [0.717, 1.165) is 59.7 Å². The van der Waals surface area contributed by atoms with Crippen molar-refractivity contribution in [2.24, 2.45) is 0 Å². The number of likely N-dealkylation sites (N-methyl/N-ethyl adjacent to an activating group) is 1. The number of nitrogens with zero attached hydrogens (tertiary/aromatic N) is 3. The third kappa shape index (κ3) is 2.98. The van der Waals surface area contributed by atoms with E-state index in [2.05, 4.69) is 27.3 Å². The zero-order valence-corrected chi connectivity index (χ0v) is 18.3. The van der Waals surface area contributed by atoms with Gasteiger partial charge >= 0.3 is 0 Å². The second-order valence-electron chi connectivity index (χ2n) is 8.35. The molecule has 160 valence electrons. The molecule has 0 bridgehead atoms. The Kier molecular flexibility index (Phi) is 4.45. The Morgan fingerprint density at radius 3 is 2.47 bits per heavy atom. The Morgan fingerprint density at radius 2 is 1.72 bits per heavy atom. The molecule has 1 N–H and O–H groups in total. The summed E-state index contributed by atoms with van der Waals surface area (Å²) in [5.74, 6) is 0.628. The minimum atomic E-state index is -0.0253. The predicted molar refractivity (Wildman–Crippen MR) is 127 cm³/mol. The lowest BCUT2D eigenvalue weighted by molar-refractivity contribution is 0.104. The van der Waals surface area contributed by atoms with Crippen molar-refractivity contribution in [2.45, 2.75) is 0 Å². The number of halogens is 1. The number of aromatic nitrogens is 1. The highest BCUT2D eigenvalue weighted by Crippen LogP contribution is 2.46. The summed E-state index contributed by atoms with van der Waals surface area (Å²) in [6.45, 7) is 3.71. The monoisotopic (exact) mass is 444 g/mol. The first-order valence-corrected chi connectivity index (χ1v) is 11.0. The lowest BCUT2D eigenvalue weighted by atomic mass is 9.86. The Bertz CT molecular complexity index is 1350. The van der Waals surface area contributed by atoms with Gasteiger partial charge in [0.1, 0.15) is 5.52 Å². The van der Waals surface area contributed by atoms with Gasteiger partial charge in [-0.2, -0.15) is 0 Å². The Morgan fingerprint density at radius 1 is 1.00 bits per heavy atom. The molecule has 0 unspecified atom stereocenters. The summed E-state index contributed by atoms with van der Waals surface area (Å²) in [4.78, 5) is 18.3. The zero-order valence-electron chi connectivity index (χ0n) is 17.6. The lowest BCUT2D eigenvalue weighted by Crippen LogP contribution is -2.44. The van der Waals surface area contributed by atoms with Gasteiger partial charge in [-0.3, -0.25) is 4.79 Å². The van der Waals surface area contributed by atoms with Crippen LogP contribution in [0.25, 0.3) is 22.2 Å². The van der Waals surface area contributed by atoms with Gasteiger partial charge in [0.05, 0.1) is 22.3 Å². The molecule has 1 aliphatic heterocycles. The molecule has 1 aromatic heterocycles. The number of piperazine rings is 1. The van der Waals surface area contributed by atoms with Crippen LogP contribution >= 0.6 is 11.6 Å². The first-order valence-electron chi connectivity index (χ1n) is 10.7. The molecule has 2 heterocycles. The fourth-order valence-corrected chi connectivity index (χ4v) is 4.74. The molecule has 1 aliphatic carbocycles. The van der Waals surface area contributed by atoms with Gasteiger partial charge in [-0.15, -0.1) is 0 Å². The second-order valence-corrected chi connectivity index (χ2v) is 8.79. The molecule has 0 atom stereocenters. The topological polar surface area (TPSA) is 61.6 Å². The first-order chi connectivity index (χ1) is 15.6. The average molecular weight is 445 g/mol. The normalized spacial score (nSPS) is 15.8. The molecule has 4 aromatic rings. The molecular weight excluding hydrogens is 424 g/mol. The third-order valence-corrected chi connectivity index (χ3v) is 6.60. The van der Waals surface area contributed by atoms with Crippen LogP contribution in [0.3, 0.4) is 0 Å². The van der Waals surface area contributed by atoms with Crippen molar-refractivity contribution in [1.29, 1.82) is 0 Å². The number of hydrogen-bond acceptors (Lipinski definition) is 6. The number of carbonyl (C=O) groups excluding carboxylic acids is 1. The summed E-state index contributed by atoms with van der Waals surface area (Å²) in [5.41, 5.74) is 5.35. The minimum absolute atomic E-state index is 0.0253. The first kappa shape index (κ1) is 19.3. The van der Waals surface area contributed by atoms with Crippen LogP contribution in [0.4, 0.5) is 17.1 Å². The fourth-order valence-electron chi connectivity index (χ4n) is 4.62. The van der Waals surface area contributed by atoms with Crippen LogP contribution in [0.15, 0.2) is 59.1 Å². The number of carbonyl (C=O) groups is 1. The molecule has 0 radical (unpaired) electrons. The molecule has 6 rings (SSSR count). The van der Waals surface area contributed by atoms with Crippen molar-refractivity contribution in [3.63, 3.8) is 0 Å². The van der Waals surface area contributed by atoms with Gasteiger partial charge in [0, 0.05) is 48.0 Å². The van der Waals surface area contributed by atoms with E-state index < -0.39 is 0 Å². The van der Waals surface area contributed by atoms with Gasteiger partial charge in [0.25, 0.3) is 0 Å². The van der Waals surface area contributed by atoms with Crippen LogP contribution in [0.2, 0.25) is 5.02 Å². The zero-order chi connectivity index (χ0) is 21.8. The standard InChI is InChI=1S/C25H21ClN4O2/c1-29-10-12-30(13-11-29)20-14-19(27-16-8-6-15(26)7-9-16)21-22-23(20)28-32-25(22)18-5-3-2-4-17(18)24(21)31/h2-9,14,27H,10-13H2,1H3. The maximum absolute atomic E-state index is 13.6. The van der Waals surface area contributed by atoms with E-state index in [1.807, 2.05) is 54.6 Å². The van der Waals surface area contributed by atoms with Crippen LogP contribution in [-0.2, 0) is 0 Å². The third-order valence-electron chi connectivity index (χ3n) is 6.35. The molecule has 1 saturated heterocycles. The van der Waals surface area contributed by atoms with Gasteiger partial charge in [-0.05, 0) is 37.4 Å². The van der Waals surface area contributed by atoms with E-state index in [4.69, 9.17) is 16.1 Å². The van der Waals surface area contributed by atoms with Gasteiger partial charge in [0.2, 0.25) is 0 Å². The van der Waals surface area contributed by atoms with Crippen LogP contribution in [0, 0.1) is 0 Å². The Labute approximate surface area is 190 Å². The van der Waals surface area contributed by atoms with Crippen LogP contribution < -0.4 is 10.2 Å². The summed E-state index contributed by atoms with van der Waals surface area (Å²) in [6.07, 6.45) is 0. The van der Waals surface area contributed by atoms with Crippen molar-refractivity contribution in [3.8, 4) is 11.3 Å². The molecule has 0 saturated carbocycles. The van der Waals surface area contributed by atoms with Gasteiger partial charge in [-0.1, -0.05) is 41.0 Å². The number of nitrogens with one attached hydrogen (secondary N) is 1. The quantitative estimate of drug-likeness (QED) is 0.413. The molecular formula is C25H21ClN4O2. The molecule has 0 amide bonds. The van der Waals surface area contributed by atoms with E-state index in [-0.39, 0.29) is 5.78 Å². The summed E-state index contributed by atoms with van der Waals surface area (Å²) in [7, 11) is 2.13. The summed E-state index contributed by atoms with van der Waals surface area (Å²) < 4.78 is 5.86. The molecule has 7 heteroatoms. The number of hydrogen-bond donors (Lipinski definition) is 1. The average Bonchev–Trinajstić information content (AvgIpc) is 3.25. The summed E-state index contributed by atoms with van der Waals surface area (Å²) >= 11 is 6.07. The van der Waals surface area contributed by atoms with E-state index in [0.29, 0.717) is 21.9 Å². The van der Waals surface area contributed by atoms with E-state index in [1.54, 1.807) is 0 Å². The molecule has 0 spiro atoms. The number of anilines is 3. The van der Waals surface area contributed by atoms with Crippen LogP contribution in [0.5, 0.6) is 0 Å². The fraction of sp³-hybridized carbons (Fsp3) is 0.200. The SMILES string of the molecule is CN1CCN(c2cc(Nc3ccc(Cl)cc3)c3c4c(onc24)-c2ccccc2C3=O)CC1. The molecule has 1 fully saturated rings. The lowest BCUT2D eigenvalue weighted by Gasteiger charge is -2.34. The molecule has 6 nitrogen and oxygen atoms in total. The highest BCUT2D eigenvalue weighted by Gasteiger charge is 2.34. The second kappa shape index (κ2) is 7.36. The molecule has 32 heavy (non-hydrogen) atoms. The van der Waals surface area contributed by atoms with Crippen molar-refractivity contribution in [1.82, 2.24) is 10.1 Å². The van der Waals surface area contributed by atoms with E-state index in [9.17, 15) is 4.79 Å². The van der Waals surface area contributed by atoms with Crippen molar-refractivity contribution >= 4 is 45.3 Å². The van der Waals surface area contributed by atoms with Crippen LogP contribution in [-0.4, -0.2) is 49.1 Å². The maximum Gasteiger partial charge on any atom is 0.196 e. The van der Waals surface area contributed by atoms with Crippen molar-refractivity contribution < 1.29 is 9.32 Å². The highest BCUT2D eigenvalue weighted by atomic mass is 35.5. The minimum Gasteiger partial charge on any atom is -0.367 e. The molecule has 2 aliphatic rings. The maximum atomic E-state index is 13.6. The summed E-state index contributed by atoms with van der Waals surface area (Å²) in [5, 5.41) is 9.35. The predicted octanol–water partition coefficient (Wildman–Crippen LogP) is 5.19. The van der Waals surface area contributed by atoms with E-state index in [1.165, 1.54) is 0 Å². The Balaban J connectivity index is 1.58. The van der Waals surface area contributed by atoms with Crippen molar-refractivity contribution in [3.05, 3.63) is 70.7 Å².